The van der Waals surface area contributed by atoms with E-state index in [0.29, 0.717) is 5.82 Å². The average molecular weight is 117 g/mol. The van der Waals surface area contributed by atoms with Crippen LogP contribution in [0.25, 0.3) is 0 Å². The number of nitrogen functional groups attached to an aromatic ring is 1. The van der Waals surface area contributed by atoms with E-state index in [9.17, 15) is 0 Å². The molecule has 0 aliphatic carbocycles. The maximum absolute atomic E-state index is 5.41. The number of anilines is 1. The summed E-state index contributed by atoms with van der Waals surface area (Å²) < 4.78 is 0. The first kappa shape index (κ1) is 6.13. The van der Waals surface area contributed by atoms with Gasteiger partial charge in [0.25, 0.3) is 0 Å². The van der Waals surface area contributed by atoms with E-state index in [-0.39, 0.29) is 0 Å². The SMILES string of the molecule is B=Bc1cncnc1N. The van der Waals surface area contributed by atoms with Crippen molar-refractivity contribution in [2.24, 2.45) is 0 Å². The van der Waals surface area contributed by atoms with Gasteiger partial charge in [0.05, 0.1) is 0 Å². The fraction of sp³-hybridized carbons (Fsp3) is 0. The summed E-state index contributed by atoms with van der Waals surface area (Å²) in [4.78, 5) is 7.50. The molecular weight excluding hydrogens is 112 g/mol. The van der Waals surface area contributed by atoms with Gasteiger partial charge in [0, 0.05) is 0 Å². The van der Waals surface area contributed by atoms with Crippen LogP contribution in [0.5, 0.6) is 0 Å². The zero-order chi connectivity index (χ0) is 6.69. The summed E-state index contributed by atoms with van der Waals surface area (Å²) in [6, 6.07) is 0. The third kappa shape index (κ3) is 1.22. The molecule has 0 saturated carbocycles. The monoisotopic (exact) mass is 117 g/mol. The molecule has 1 heterocycles. The van der Waals surface area contributed by atoms with E-state index in [1.807, 2.05) is 0 Å². The number of nitrogens with zero attached hydrogens (tertiary/aromatic N) is 2. The van der Waals surface area contributed by atoms with Crippen LogP contribution in [-0.4, -0.2) is 24.1 Å². The summed E-state index contributed by atoms with van der Waals surface area (Å²) in [5.41, 5.74) is 6.18. The van der Waals surface area contributed by atoms with Crippen LogP contribution < -0.4 is 11.2 Å². The Hall–Kier alpha value is -0.990. The predicted molar refractivity (Wildman–Crippen MR) is 39.0 cm³/mol. The van der Waals surface area contributed by atoms with E-state index < -0.39 is 0 Å². The van der Waals surface area contributed by atoms with E-state index in [1.54, 1.807) is 13.0 Å². The molecule has 9 heavy (non-hydrogen) atoms. The summed E-state index contributed by atoms with van der Waals surface area (Å²) in [5.74, 6) is 0.472. The molecule has 1 rings (SSSR count). The van der Waals surface area contributed by atoms with E-state index in [0.717, 1.165) is 5.46 Å². The fourth-order valence-electron chi connectivity index (χ4n) is 0.507. The first-order valence-corrected chi connectivity index (χ1v) is 2.52. The van der Waals surface area contributed by atoms with Crippen LogP contribution in [-0.2, 0) is 0 Å². The first-order chi connectivity index (χ1) is 4.34. The predicted octanol–water partition coefficient (Wildman–Crippen LogP) is -1.80. The molecule has 0 aromatic carbocycles. The third-order valence-corrected chi connectivity index (χ3v) is 0.993. The maximum atomic E-state index is 5.41. The van der Waals surface area contributed by atoms with Crippen molar-refractivity contribution in [1.82, 2.24) is 9.97 Å². The van der Waals surface area contributed by atoms with Crippen LogP contribution in [0.3, 0.4) is 0 Å². The van der Waals surface area contributed by atoms with Gasteiger partial charge in [-0.05, 0) is 0 Å². The fourth-order valence-corrected chi connectivity index (χ4v) is 0.507. The third-order valence-electron chi connectivity index (χ3n) is 0.993. The summed E-state index contributed by atoms with van der Waals surface area (Å²) in [6.45, 7) is 1.62. The molecule has 0 amide bonds. The molecule has 0 atom stereocenters. The van der Waals surface area contributed by atoms with Crippen LogP contribution in [0.1, 0.15) is 0 Å². The Morgan fingerprint density at radius 2 is 2.44 bits per heavy atom. The Morgan fingerprint density at radius 1 is 1.67 bits per heavy atom. The summed E-state index contributed by atoms with van der Waals surface area (Å²) in [6.07, 6.45) is 3.03. The van der Waals surface area contributed by atoms with Crippen molar-refractivity contribution in [3.8, 4) is 0 Å². The van der Waals surface area contributed by atoms with Gasteiger partial charge in [-0.2, -0.15) is 0 Å². The molecular formula is C4H5B2N3. The van der Waals surface area contributed by atoms with Gasteiger partial charge in [-0.25, -0.2) is 0 Å². The number of hydrogen-bond donors (Lipinski definition) is 1. The molecule has 0 saturated heterocycles. The Balaban J connectivity index is 3.15. The van der Waals surface area contributed by atoms with E-state index >= 15 is 0 Å². The van der Waals surface area contributed by atoms with Gasteiger partial charge in [0.1, 0.15) is 0 Å². The molecule has 0 fully saturated rings. The molecule has 3 nitrogen and oxygen atoms in total. The molecule has 0 radical (unpaired) electrons. The second-order valence-electron chi connectivity index (χ2n) is 1.57. The number of aromatic nitrogens is 2. The Kier molecular flexibility index (Phi) is 1.72. The average Bonchev–Trinajstić information content (AvgIpc) is 1.89. The van der Waals surface area contributed by atoms with Crippen LogP contribution in [0.2, 0.25) is 0 Å². The van der Waals surface area contributed by atoms with Crippen LogP contribution in [0.15, 0.2) is 12.5 Å². The van der Waals surface area contributed by atoms with Gasteiger partial charge in [-0.3, -0.25) is 0 Å². The normalized spacial score (nSPS) is 8.33. The van der Waals surface area contributed by atoms with Crippen molar-refractivity contribution in [2.75, 3.05) is 5.73 Å². The zero-order valence-corrected chi connectivity index (χ0v) is 4.91. The molecule has 1 aromatic heterocycles. The van der Waals surface area contributed by atoms with E-state index in [4.69, 9.17) is 5.73 Å². The molecule has 0 bridgehead atoms. The van der Waals surface area contributed by atoms with Gasteiger partial charge < -0.3 is 0 Å². The second kappa shape index (κ2) is 2.53. The molecule has 2 N–H and O–H groups in total. The van der Waals surface area contributed by atoms with Crippen molar-refractivity contribution in [2.45, 2.75) is 0 Å². The number of hydrogen-bond acceptors (Lipinski definition) is 3. The van der Waals surface area contributed by atoms with Crippen molar-refractivity contribution in [1.29, 1.82) is 0 Å². The molecule has 1 aromatic rings. The van der Waals surface area contributed by atoms with Crippen LogP contribution in [0.4, 0.5) is 5.82 Å². The summed E-state index contributed by atoms with van der Waals surface area (Å²) in [5, 5.41) is 0. The Bertz CT molecular complexity index is 225. The quantitative estimate of drug-likeness (QED) is 0.441. The summed E-state index contributed by atoms with van der Waals surface area (Å²) in [7, 11) is 3.53. The van der Waals surface area contributed by atoms with Crippen molar-refractivity contribution < 1.29 is 0 Å². The standard InChI is InChI=1S/C4H5B2N3/c5-6-3-1-8-2-9-4(3)7/h1-2,5H,(H2,7,8,9). The van der Waals surface area contributed by atoms with Gasteiger partial charge >= 0.3 is 53.7 Å². The topological polar surface area (TPSA) is 51.8 Å². The zero-order valence-electron chi connectivity index (χ0n) is 4.91. The molecule has 0 spiro atoms. The second-order valence-corrected chi connectivity index (χ2v) is 1.57. The minimum absolute atomic E-state index is 0.472. The van der Waals surface area contributed by atoms with Crippen molar-refractivity contribution in [3.63, 3.8) is 0 Å². The molecule has 0 aliphatic heterocycles. The number of rotatable bonds is 1. The van der Waals surface area contributed by atoms with Gasteiger partial charge in [0.15, 0.2) is 0 Å². The Labute approximate surface area is 54.6 Å². The van der Waals surface area contributed by atoms with Gasteiger partial charge in [-0.1, -0.05) is 0 Å². The summed E-state index contributed by atoms with van der Waals surface area (Å²) >= 11 is 0. The van der Waals surface area contributed by atoms with Gasteiger partial charge in [-0.15, -0.1) is 0 Å². The van der Waals surface area contributed by atoms with Crippen LogP contribution in [0, 0.1) is 0 Å². The number of nitrogens with two attached hydrogens (primary N) is 1. The molecule has 0 aliphatic rings. The van der Waals surface area contributed by atoms with E-state index in [2.05, 4.69) is 17.3 Å². The first-order valence-electron chi connectivity index (χ1n) is 2.52. The minimum atomic E-state index is 0.472. The van der Waals surface area contributed by atoms with Gasteiger partial charge in [0.2, 0.25) is 0 Å². The Morgan fingerprint density at radius 3 is 2.89 bits per heavy atom. The molecule has 42 valence electrons. The van der Waals surface area contributed by atoms with Crippen molar-refractivity contribution in [3.05, 3.63) is 12.5 Å². The van der Waals surface area contributed by atoms with Crippen molar-refractivity contribution >= 4 is 25.5 Å². The van der Waals surface area contributed by atoms with Crippen LogP contribution >= 0.6 is 0 Å². The molecule has 5 heteroatoms. The van der Waals surface area contributed by atoms with E-state index in [1.165, 1.54) is 6.33 Å². The molecule has 0 unspecified atom stereocenters.